The van der Waals surface area contributed by atoms with Crippen molar-refractivity contribution in [1.82, 2.24) is 14.9 Å². The third kappa shape index (κ3) is 3.01. The van der Waals surface area contributed by atoms with E-state index in [0.717, 1.165) is 5.82 Å². The Bertz CT molecular complexity index is 592. The minimum absolute atomic E-state index is 0.200. The molecule has 4 nitrogen and oxygen atoms in total. The number of nitrogens with zero attached hydrogens (tertiary/aromatic N) is 4. The molecule has 2 rings (SSSR count). The molecule has 0 fully saturated rings. The number of thioether (sulfide) groups is 1. The molecule has 1 aromatic carbocycles. The Morgan fingerprint density at radius 3 is 2.68 bits per heavy atom. The average molecular weight is 278 g/mol. The molecule has 1 aromatic heterocycles. The first-order valence-electron chi connectivity index (χ1n) is 5.91. The van der Waals surface area contributed by atoms with Crippen LogP contribution in [0.1, 0.15) is 31.2 Å². The van der Waals surface area contributed by atoms with Crippen molar-refractivity contribution in [3.8, 4) is 0 Å². The van der Waals surface area contributed by atoms with E-state index in [1.807, 2.05) is 20.1 Å². The molecule has 0 radical (unpaired) electrons. The number of halogens is 1. The van der Waals surface area contributed by atoms with E-state index in [1.54, 1.807) is 22.9 Å². The first-order valence-corrected chi connectivity index (χ1v) is 7.14. The van der Waals surface area contributed by atoms with Gasteiger partial charge in [0, 0.05) is 11.5 Å². The molecule has 100 valence electrons. The van der Waals surface area contributed by atoms with E-state index in [-0.39, 0.29) is 11.7 Å². The van der Waals surface area contributed by atoms with Gasteiger partial charge in [-0.25, -0.2) is 4.39 Å². The highest BCUT2D eigenvalue weighted by Gasteiger charge is 2.13. The van der Waals surface area contributed by atoms with E-state index < -0.39 is 0 Å². The van der Waals surface area contributed by atoms with Gasteiger partial charge in [0.05, 0.1) is 6.21 Å². The van der Waals surface area contributed by atoms with Crippen LogP contribution in [0.5, 0.6) is 0 Å². The van der Waals surface area contributed by atoms with Crippen LogP contribution in [-0.4, -0.2) is 27.3 Å². The van der Waals surface area contributed by atoms with Crippen molar-refractivity contribution in [2.45, 2.75) is 24.9 Å². The molecule has 6 heteroatoms. The van der Waals surface area contributed by atoms with E-state index >= 15 is 0 Å². The molecule has 0 spiro atoms. The van der Waals surface area contributed by atoms with Crippen LogP contribution >= 0.6 is 11.8 Å². The zero-order valence-corrected chi connectivity index (χ0v) is 11.9. The van der Waals surface area contributed by atoms with Gasteiger partial charge in [-0.15, -0.1) is 10.2 Å². The summed E-state index contributed by atoms with van der Waals surface area (Å²) in [6.45, 7) is 4.03. The lowest BCUT2D eigenvalue weighted by Crippen LogP contribution is -2.02. The quantitative estimate of drug-likeness (QED) is 0.637. The van der Waals surface area contributed by atoms with Crippen molar-refractivity contribution in [3.05, 3.63) is 41.5 Å². The molecule has 0 atom stereocenters. The van der Waals surface area contributed by atoms with Gasteiger partial charge < -0.3 is 0 Å². The summed E-state index contributed by atoms with van der Waals surface area (Å²) < 4.78 is 15.2. The lowest BCUT2D eigenvalue weighted by atomic mass is 10.2. The maximum Gasteiger partial charge on any atom is 0.211 e. The zero-order chi connectivity index (χ0) is 13.8. The SMILES string of the molecule is CSc1nnc(C(C)C)n1/N=C\c1ccccc1F. The van der Waals surface area contributed by atoms with Gasteiger partial charge in [0.25, 0.3) is 0 Å². The Hall–Kier alpha value is -1.69. The van der Waals surface area contributed by atoms with E-state index in [1.165, 1.54) is 24.0 Å². The fraction of sp³-hybridized carbons (Fsp3) is 0.308. The van der Waals surface area contributed by atoms with Gasteiger partial charge in [-0.2, -0.15) is 9.78 Å². The topological polar surface area (TPSA) is 43.1 Å². The number of hydrogen-bond acceptors (Lipinski definition) is 4. The largest absolute Gasteiger partial charge is 0.211 e. The zero-order valence-electron chi connectivity index (χ0n) is 11.0. The summed E-state index contributed by atoms with van der Waals surface area (Å²) >= 11 is 1.45. The van der Waals surface area contributed by atoms with E-state index in [2.05, 4.69) is 15.3 Å². The second kappa shape index (κ2) is 5.97. The Morgan fingerprint density at radius 1 is 1.32 bits per heavy atom. The molecule has 0 N–H and O–H groups in total. The maximum atomic E-state index is 13.5. The Balaban J connectivity index is 2.37. The monoisotopic (exact) mass is 278 g/mol. The van der Waals surface area contributed by atoms with Crippen molar-refractivity contribution >= 4 is 18.0 Å². The summed E-state index contributed by atoms with van der Waals surface area (Å²) in [6, 6.07) is 6.51. The predicted octanol–water partition coefficient (Wildman–Crippen LogP) is 3.14. The van der Waals surface area contributed by atoms with Crippen LogP contribution in [0.4, 0.5) is 4.39 Å². The molecule has 0 saturated heterocycles. The van der Waals surface area contributed by atoms with E-state index in [9.17, 15) is 4.39 Å². The third-order valence-corrected chi connectivity index (χ3v) is 3.17. The fourth-order valence-electron chi connectivity index (χ4n) is 1.57. The van der Waals surface area contributed by atoms with Gasteiger partial charge in [0.2, 0.25) is 5.16 Å². The predicted molar refractivity (Wildman–Crippen MR) is 75.3 cm³/mol. The smallest absolute Gasteiger partial charge is 0.206 e. The van der Waals surface area contributed by atoms with Crippen molar-refractivity contribution in [2.24, 2.45) is 5.10 Å². The van der Waals surface area contributed by atoms with Crippen LogP contribution in [-0.2, 0) is 0 Å². The molecule has 0 aliphatic heterocycles. The summed E-state index contributed by atoms with van der Waals surface area (Å²) in [4.78, 5) is 0. The molecule has 1 heterocycles. The minimum atomic E-state index is -0.295. The van der Waals surface area contributed by atoms with Crippen molar-refractivity contribution in [1.29, 1.82) is 0 Å². The number of hydrogen-bond donors (Lipinski definition) is 0. The molecule has 2 aromatic rings. The highest BCUT2D eigenvalue weighted by atomic mass is 32.2. The van der Waals surface area contributed by atoms with Gasteiger partial charge >= 0.3 is 0 Å². The Kier molecular flexibility index (Phi) is 4.31. The highest BCUT2D eigenvalue weighted by Crippen LogP contribution is 2.19. The number of benzene rings is 1. The molecule has 0 saturated carbocycles. The molecular formula is C13H15FN4S. The summed E-state index contributed by atoms with van der Waals surface area (Å²) in [5.41, 5.74) is 0.443. The van der Waals surface area contributed by atoms with Gasteiger partial charge in [-0.05, 0) is 12.3 Å². The molecule has 0 aliphatic carbocycles. The van der Waals surface area contributed by atoms with Crippen LogP contribution < -0.4 is 0 Å². The Morgan fingerprint density at radius 2 is 2.05 bits per heavy atom. The first kappa shape index (κ1) is 13.7. The normalized spacial score (nSPS) is 11.6. The molecular weight excluding hydrogens is 263 g/mol. The van der Waals surface area contributed by atoms with Gasteiger partial charge in [-0.1, -0.05) is 43.8 Å². The average Bonchev–Trinajstić information content (AvgIpc) is 2.81. The summed E-state index contributed by atoms with van der Waals surface area (Å²) in [7, 11) is 0. The van der Waals surface area contributed by atoms with Gasteiger partial charge in [0.15, 0.2) is 5.82 Å². The van der Waals surface area contributed by atoms with Crippen LogP contribution in [0.3, 0.4) is 0 Å². The molecule has 0 bridgehead atoms. The van der Waals surface area contributed by atoms with E-state index in [4.69, 9.17) is 0 Å². The fourth-order valence-corrected chi connectivity index (χ4v) is 2.01. The van der Waals surface area contributed by atoms with Crippen LogP contribution in [0.15, 0.2) is 34.5 Å². The molecule has 0 amide bonds. The summed E-state index contributed by atoms with van der Waals surface area (Å²) in [5.74, 6) is 0.666. The minimum Gasteiger partial charge on any atom is -0.206 e. The summed E-state index contributed by atoms with van der Waals surface area (Å²) in [6.07, 6.45) is 3.40. The number of rotatable bonds is 4. The standard InChI is InChI=1S/C13H15FN4S/c1-9(2)12-16-17-13(19-3)18(12)15-8-10-6-4-5-7-11(10)14/h4-9H,1-3H3/b15-8-. The number of aromatic nitrogens is 3. The second-order valence-corrected chi connectivity index (χ2v) is 5.05. The van der Waals surface area contributed by atoms with Crippen molar-refractivity contribution in [3.63, 3.8) is 0 Å². The lowest BCUT2D eigenvalue weighted by Gasteiger charge is -2.05. The maximum absolute atomic E-state index is 13.5. The molecule has 0 aliphatic rings. The summed E-state index contributed by atoms with van der Waals surface area (Å²) in [5, 5.41) is 13.2. The second-order valence-electron chi connectivity index (χ2n) is 4.28. The lowest BCUT2D eigenvalue weighted by molar-refractivity contribution is 0.624. The van der Waals surface area contributed by atoms with Gasteiger partial charge in [0.1, 0.15) is 5.82 Å². The molecule has 19 heavy (non-hydrogen) atoms. The van der Waals surface area contributed by atoms with Crippen LogP contribution in [0.2, 0.25) is 0 Å². The van der Waals surface area contributed by atoms with Crippen LogP contribution in [0, 0.1) is 5.82 Å². The van der Waals surface area contributed by atoms with Crippen molar-refractivity contribution in [2.75, 3.05) is 6.26 Å². The third-order valence-electron chi connectivity index (χ3n) is 2.55. The van der Waals surface area contributed by atoms with E-state index in [0.29, 0.717) is 10.7 Å². The molecule has 0 unspecified atom stereocenters. The van der Waals surface area contributed by atoms with Crippen LogP contribution in [0.25, 0.3) is 0 Å². The van der Waals surface area contributed by atoms with Crippen molar-refractivity contribution < 1.29 is 4.39 Å². The first-order chi connectivity index (χ1) is 9.13. The van der Waals surface area contributed by atoms with Gasteiger partial charge in [-0.3, -0.25) is 0 Å². The highest BCUT2D eigenvalue weighted by molar-refractivity contribution is 7.98. The Labute approximate surface area is 115 Å².